The predicted octanol–water partition coefficient (Wildman–Crippen LogP) is 14.3. The van der Waals surface area contributed by atoms with Gasteiger partial charge in [0.05, 0.1) is 22.7 Å². The van der Waals surface area contributed by atoms with Gasteiger partial charge in [-0.1, -0.05) is 121 Å². The molecule has 2 heterocycles. The monoisotopic (exact) mass is 780 g/mol. The van der Waals surface area contributed by atoms with E-state index < -0.39 is 0 Å². The van der Waals surface area contributed by atoms with Crippen molar-refractivity contribution in [2.24, 2.45) is 0 Å². The molecule has 0 aliphatic heterocycles. The van der Waals surface area contributed by atoms with E-state index in [2.05, 4.69) is 186 Å². The molecule has 0 saturated carbocycles. The molecule has 0 radical (unpaired) electrons. The smallest absolute Gasteiger partial charge is 0.159 e. The summed E-state index contributed by atoms with van der Waals surface area (Å²) in [5.74, 6) is 0. The standard InChI is InChI=1S/C52H34N2O2P2/c57-47-29-43(53(31-13-3-1-4-14-31)41-21-11-19-35-33-17-7-9-23-45(33)55-51(35)41)37-25-27-40-48(58)30-44(38-26-28-39(47)49(37)50(38)40)54(32-15-5-2-6-16-32)42-22-12-20-36-34-18-8-10-24-46(34)56-52(36)42/h1-30H,57-58H2. The van der Waals surface area contributed by atoms with Gasteiger partial charge in [-0.25, -0.2) is 0 Å². The van der Waals surface area contributed by atoms with Gasteiger partial charge in [-0.3, -0.25) is 0 Å². The quantitative estimate of drug-likeness (QED) is 0.124. The van der Waals surface area contributed by atoms with E-state index in [1.165, 1.54) is 21.5 Å². The molecule has 0 N–H and O–H groups in total. The Bertz CT molecular complexity index is 3320. The highest BCUT2D eigenvalue weighted by Crippen LogP contribution is 2.50. The molecule has 0 saturated heterocycles. The topological polar surface area (TPSA) is 32.8 Å². The van der Waals surface area contributed by atoms with Crippen LogP contribution < -0.4 is 20.4 Å². The lowest BCUT2D eigenvalue weighted by Crippen LogP contribution is -2.14. The lowest BCUT2D eigenvalue weighted by molar-refractivity contribution is 0.669. The van der Waals surface area contributed by atoms with Crippen molar-refractivity contribution in [2.75, 3.05) is 9.80 Å². The molecule has 10 aromatic carbocycles. The minimum Gasteiger partial charge on any atom is -0.454 e. The Morgan fingerprint density at radius 2 is 0.690 bits per heavy atom. The molecule has 2 aromatic heterocycles. The molecular formula is C52H34N2O2P2. The molecule has 0 bridgehead atoms. The van der Waals surface area contributed by atoms with Crippen molar-refractivity contribution in [1.82, 2.24) is 0 Å². The summed E-state index contributed by atoms with van der Waals surface area (Å²) in [7, 11) is 6.12. The third-order valence-corrected chi connectivity index (χ3v) is 12.6. The maximum atomic E-state index is 6.69. The summed E-state index contributed by atoms with van der Waals surface area (Å²) in [4.78, 5) is 4.73. The number of nitrogens with zero attached hydrogens (tertiary/aromatic N) is 2. The van der Waals surface area contributed by atoms with Crippen LogP contribution in [0.5, 0.6) is 0 Å². The average molecular weight is 781 g/mol. The van der Waals surface area contributed by atoms with Gasteiger partial charge in [-0.2, -0.15) is 0 Å². The van der Waals surface area contributed by atoms with Crippen LogP contribution in [0.4, 0.5) is 34.1 Å². The molecule has 4 nitrogen and oxygen atoms in total. The fourth-order valence-electron chi connectivity index (χ4n) is 9.17. The number of rotatable bonds is 6. The first kappa shape index (κ1) is 33.4. The molecule has 2 unspecified atom stereocenters. The highest BCUT2D eigenvalue weighted by Gasteiger charge is 2.26. The van der Waals surface area contributed by atoms with E-state index in [4.69, 9.17) is 8.83 Å². The number of hydrogen-bond donors (Lipinski definition) is 0. The summed E-state index contributed by atoms with van der Waals surface area (Å²) >= 11 is 0. The van der Waals surface area contributed by atoms with E-state index in [-0.39, 0.29) is 0 Å². The van der Waals surface area contributed by atoms with Gasteiger partial charge in [0.15, 0.2) is 11.2 Å². The first-order chi connectivity index (χ1) is 28.6. The van der Waals surface area contributed by atoms with E-state index in [9.17, 15) is 0 Å². The van der Waals surface area contributed by atoms with Crippen molar-refractivity contribution >= 4 is 139 Å². The average Bonchev–Trinajstić information content (AvgIpc) is 3.85. The molecule has 0 amide bonds. The largest absolute Gasteiger partial charge is 0.454 e. The van der Waals surface area contributed by atoms with Gasteiger partial charge >= 0.3 is 0 Å². The summed E-state index contributed by atoms with van der Waals surface area (Å²) < 4.78 is 13.4. The van der Waals surface area contributed by atoms with Gasteiger partial charge in [0.25, 0.3) is 0 Å². The van der Waals surface area contributed by atoms with Crippen LogP contribution in [0.25, 0.3) is 76.2 Å². The molecule has 0 fully saturated rings. The highest BCUT2D eigenvalue weighted by atomic mass is 31.0. The predicted molar refractivity (Wildman–Crippen MR) is 253 cm³/mol. The van der Waals surface area contributed by atoms with E-state index in [1.807, 2.05) is 24.3 Å². The SMILES string of the molecule is Pc1cc(N(c2ccccc2)c2cccc3c2oc2ccccc23)c2ccc3c(P)cc(N(c4ccccc4)c4cccc5c4oc4ccccc45)c4ccc1c2c34. The Hall–Kier alpha value is -6.70. The van der Waals surface area contributed by atoms with Gasteiger partial charge in [-0.15, -0.1) is 18.5 Å². The first-order valence-electron chi connectivity index (χ1n) is 19.4. The van der Waals surface area contributed by atoms with Crippen LogP contribution in [-0.4, -0.2) is 0 Å². The fourth-order valence-corrected chi connectivity index (χ4v) is 9.96. The Morgan fingerprint density at radius 1 is 0.310 bits per heavy atom. The molecule has 274 valence electrons. The molecular weight excluding hydrogens is 747 g/mol. The molecule has 58 heavy (non-hydrogen) atoms. The summed E-state index contributed by atoms with van der Waals surface area (Å²) in [6.45, 7) is 0. The molecule has 2 atom stereocenters. The van der Waals surface area contributed by atoms with E-state index in [1.54, 1.807) is 0 Å². The Morgan fingerprint density at radius 3 is 1.14 bits per heavy atom. The lowest BCUT2D eigenvalue weighted by Gasteiger charge is -2.30. The van der Waals surface area contributed by atoms with Crippen molar-refractivity contribution in [1.29, 1.82) is 0 Å². The zero-order chi connectivity index (χ0) is 38.5. The van der Waals surface area contributed by atoms with Crippen molar-refractivity contribution in [3.05, 3.63) is 182 Å². The second-order valence-electron chi connectivity index (χ2n) is 14.9. The molecule has 0 spiro atoms. The molecule has 0 aliphatic carbocycles. The summed E-state index contributed by atoms with van der Waals surface area (Å²) in [6, 6.07) is 64.6. The van der Waals surface area contributed by atoms with Crippen LogP contribution in [0, 0.1) is 0 Å². The second-order valence-corrected chi connectivity index (χ2v) is 16.1. The number of benzene rings is 10. The summed E-state index contributed by atoms with van der Waals surface area (Å²) in [5.41, 5.74) is 9.70. The Kier molecular flexibility index (Phi) is 7.45. The maximum Gasteiger partial charge on any atom is 0.159 e. The van der Waals surface area contributed by atoms with Crippen LogP contribution in [0.2, 0.25) is 0 Å². The third-order valence-electron chi connectivity index (χ3n) is 11.7. The van der Waals surface area contributed by atoms with Crippen LogP contribution >= 0.6 is 18.5 Å². The van der Waals surface area contributed by atoms with Gasteiger partial charge < -0.3 is 18.6 Å². The van der Waals surface area contributed by atoms with Crippen molar-refractivity contribution in [3.63, 3.8) is 0 Å². The van der Waals surface area contributed by atoms with Crippen molar-refractivity contribution in [3.8, 4) is 0 Å². The zero-order valence-corrected chi connectivity index (χ0v) is 33.5. The van der Waals surface area contributed by atoms with Gasteiger partial charge in [-0.05, 0) is 82.0 Å². The lowest BCUT2D eigenvalue weighted by atomic mass is 9.91. The van der Waals surface area contributed by atoms with Crippen LogP contribution in [0.1, 0.15) is 0 Å². The number of furan rings is 2. The van der Waals surface area contributed by atoms with Gasteiger partial charge in [0.2, 0.25) is 0 Å². The van der Waals surface area contributed by atoms with Gasteiger partial charge in [0, 0.05) is 54.5 Å². The second kappa shape index (κ2) is 12.9. The van der Waals surface area contributed by atoms with Crippen LogP contribution in [-0.2, 0) is 0 Å². The summed E-state index contributed by atoms with van der Waals surface area (Å²) in [5, 5.41) is 13.8. The van der Waals surface area contributed by atoms with E-state index in [0.29, 0.717) is 0 Å². The van der Waals surface area contributed by atoms with Crippen molar-refractivity contribution < 1.29 is 8.83 Å². The van der Waals surface area contributed by atoms with Crippen LogP contribution in [0.15, 0.2) is 191 Å². The normalized spacial score (nSPS) is 12.0. The molecule has 6 heteroatoms. The maximum absolute atomic E-state index is 6.69. The minimum absolute atomic E-state index is 0.858. The van der Waals surface area contributed by atoms with Crippen molar-refractivity contribution in [2.45, 2.75) is 0 Å². The number of anilines is 6. The number of para-hydroxylation sites is 6. The van der Waals surface area contributed by atoms with E-state index in [0.717, 1.165) is 99.4 Å². The Labute approximate surface area is 338 Å². The van der Waals surface area contributed by atoms with Gasteiger partial charge in [0.1, 0.15) is 11.2 Å². The Balaban J connectivity index is 1.17. The molecule has 12 rings (SSSR count). The first-order valence-corrected chi connectivity index (χ1v) is 20.6. The third kappa shape index (κ3) is 4.89. The molecule has 0 aliphatic rings. The minimum atomic E-state index is 0.858. The fraction of sp³-hybridized carbons (Fsp3) is 0. The molecule has 12 aromatic rings. The summed E-state index contributed by atoms with van der Waals surface area (Å²) in [6.07, 6.45) is 0. The number of hydrogen-bond acceptors (Lipinski definition) is 4. The number of fused-ring (bicyclic) bond motifs is 6. The van der Waals surface area contributed by atoms with E-state index >= 15 is 0 Å². The zero-order valence-electron chi connectivity index (χ0n) is 31.2. The highest BCUT2D eigenvalue weighted by molar-refractivity contribution is 7.28. The van der Waals surface area contributed by atoms with Crippen LogP contribution in [0.3, 0.4) is 0 Å².